The van der Waals surface area contributed by atoms with Crippen molar-refractivity contribution in [2.75, 3.05) is 66.6 Å². The molecule has 0 spiro atoms. The summed E-state index contributed by atoms with van der Waals surface area (Å²) in [7, 11) is 4.45. The van der Waals surface area contributed by atoms with Gasteiger partial charge in [-0.05, 0) is 80.8 Å². The van der Waals surface area contributed by atoms with Crippen molar-refractivity contribution in [2.24, 2.45) is 11.8 Å². The van der Waals surface area contributed by atoms with Crippen LogP contribution in [0.2, 0.25) is 0 Å². The second kappa shape index (κ2) is 27.4. The summed E-state index contributed by atoms with van der Waals surface area (Å²) in [5, 5.41) is 32.1. The molecule has 2 saturated heterocycles. The molecule has 0 aromatic heterocycles. The smallest absolute Gasteiger partial charge is 0.430 e. The molecule has 4 aromatic rings. The molecule has 75 heavy (non-hydrogen) atoms. The molecule has 6 unspecified atom stereocenters. The Morgan fingerprint density at radius 2 is 0.960 bits per heavy atom. The first-order chi connectivity index (χ1) is 35.1. The van der Waals surface area contributed by atoms with Crippen LogP contribution in [-0.4, -0.2) is 122 Å². The number of aliphatic hydroxyl groups is 2. The molecule has 12 nitrogen and oxygen atoms in total. The van der Waals surface area contributed by atoms with Crippen molar-refractivity contribution >= 4 is 17.9 Å². The molecule has 0 amide bonds. The van der Waals surface area contributed by atoms with Crippen LogP contribution in [0.5, 0.6) is 11.5 Å². The van der Waals surface area contributed by atoms with Gasteiger partial charge in [0.2, 0.25) is 0 Å². The first-order valence-electron chi connectivity index (χ1n) is 26.5. The number of carboxylic acids is 1. The lowest BCUT2D eigenvalue weighted by molar-refractivity contribution is -0.899. The van der Waals surface area contributed by atoms with Gasteiger partial charge in [-0.3, -0.25) is 0 Å². The van der Waals surface area contributed by atoms with E-state index in [9.17, 15) is 33.0 Å². The highest BCUT2D eigenvalue weighted by atomic mass is 79.9. The van der Waals surface area contributed by atoms with Gasteiger partial charge in [0.1, 0.15) is 30.6 Å². The molecule has 2 saturated carbocycles. The summed E-state index contributed by atoms with van der Waals surface area (Å²) in [4.78, 5) is 35.5. The van der Waals surface area contributed by atoms with E-state index in [1.807, 2.05) is 91.0 Å². The summed E-state index contributed by atoms with van der Waals surface area (Å²) in [5.74, 6) is -2.20. The molecule has 8 rings (SSSR count). The zero-order valence-electron chi connectivity index (χ0n) is 44.3. The van der Waals surface area contributed by atoms with Gasteiger partial charge in [0.25, 0.3) is 0 Å². The van der Waals surface area contributed by atoms with Crippen molar-refractivity contribution in [2.45, 2.75) is 127 Å². The molecule has 2 aliphatic carbocycles. The fourth-order valence-corrected chi connectivity index (χ4v) is 11.6. The lowest BCUT2D eigenvalue weighted by Crippen LogP contribution is -3.00. The molecule has 2 N–H and O–H groups in total. The quantitative estimate of drug-likeness (QED) is 0.0710. The lowest BCUT2D eigenvalue weighted by Gasteiger charge is -2.33. The maximum absolute atomic E-state index is 13.4. The number of halogens is 4. The van der Waals surface area contributed by atoms with E-state index in [4.69, 9.17) is 28.8 Å². The molecule has 2 aliphatic heterocycles. The maximum Gasteiger partial charge on any atom is 0.430 e. The number of carbonyl (C=O) groups is 3. The monoisotopic (exact) mass is 1110 g/mol. The number of benzene rings is 4. The molecule has 4 fully saturated rings. The first-order valence-corrected chi connectivity index (χ1v) is 26.5. The van der Waals surface area contributed by atoms with E-state index in [2.05, 4.69) is 47.0 Å². The van der Waals surface area contributed by atoms with Crippen LogP contribution in [0.1, 0.15) is 105 Å². The van der Waals surface area contributed by atoms with E-state index in [0.29, 0.717) is 24.3 Å². The molecule has 6 atom stereocenters. The molecule has 0 bridgehead atoms. The highest BCUT2D eigenvalue weighted by molar-refractivity contribution is 5.82. The minimum Gasteiger partial charge on any atom is -1.00 e. The molecule has 2 heterocycles. The number of esters is 2. The topological polar surface area (TPSA) is 152 Å². The van der Waals surface area contributed by atoms with Crippen LogP contribution in [0.15, 0.2) is 103 Å². The second-order valence-corrected chi connectivity index (χ2v) is 21.6. The summed E-state index contributed by atoms with van der Waals surface area (Å²) >= 11 is 0. The number of aliphatic carboxylic acids is 1. The average Bonchev–Trinajstić information content (AvgIpc) is 4.23. The van der Waals surface area contributed by atoms with Crippen LogP contribution in [0.25, 0.3) is 0 Å². The first kappa shape index (κ1) is 60.9. The van der Waals surface area contributed by atoms with Crippen molar-refractivity contribution in [1.29, 1.82) is 0 Å². The minimum absolute atomic E-state index is 0. The molecule has 0 radical (unpaired) electrons. The van der Waals surface area contributed by atoms with Gasteiger partial charge in [-0.15, -0.1) is 0 Å². The van der Waals surface area contributed by atoms with E-state index in [-0.39, 0.29) is 41.0 Å². The highest BCUT2D eigenvalue weighted by Gasteiger charge is 2.51. The van der Waals surface area contributed by atoms with Crippen molar-refractivity contribution in [3.05, 3.63) is 131 Å². The number of para-hydroxylation sites is 1. The number of aryl methyl sites for hydroxylation is 3. The summed E-state index contributed by atoms with van der Waals surface area (Å²) in [6.45, 7) is 13.1. The van der Waals surface area contributed by atoms with Gasteiger partial charge < -0.3 is 65.0 Å². The van der Waals surface area contributed by atoms with E-state index in [1.54, 1.807) is 0 Å². The number of carbonyl (C=O) groups excluding carboxylic acids is 3. The number of hydrogen-bond acceptors (Lipinski definition) is 10. The molecule has 4 aromatic carbocycles. The highest BCUT2D eigenvalue weighted by Crippen LogP contribution is 2.44. The van der Waals surface area contributed by atoms with Crippen molar-refractivity contribution in [3.63, 3.8) is 0 Å². The minimum atomic E-state index is -5.19. The van der Waals surface area contributed by atoms with E-state index in [0.717, 1.165) is 137 Å². The largest absolute Gasteiger partial charge is 1.00 e. The normalized spacial score (nSPS) is 23.2. The van der Waals surface area contributed by atoms with E-state index >= 15 is 0 Å². The second-order valence-electron chi connectivity index (χ2n) is 21.6. The number of rotatable bonds is 18. The van der Waals surface area contributed by atoms with Gasteiger partial charge in [0, 0.05) is 37.5 Å². The number of alkyl halides is 3. The lowest BCUT2D eigenvalue weighted by atomic mass is 9.80. The average molecular weight is 1110 g/mol. The Kier molecular flexibility index (Phi) is 22.2. The van der Waals surface area contributed by atoms with Crippen LogP contribution in [0.4, 0.5) is 13.2 Å². The summed E-state index contributed by atoms with van der Waals surface area (Å²) in [5.41, 5.74) is 1.84. The van der Waals surface area contributed by atoms with Crippen molar-refractivity contribution in [3.8, 4) is 11.5 Å². The predicted molar refractivity (Wildman–Crippen MR) is 274 cm³/mol. The van der Waals surface area contributed by atoms with E-state index in [1.165, 1.54) is 16.7 Å². The Bertz CT molecular complexity index is 2400. The maximum atomic E-state index is 13.4. The summed E-state index contributed by atoms with van der Waals surface area (Å²) in [6, 6.07) is 33.0. The number of carboxylic acid groups (broad SMARTS) is 1. The molecular formula is C59H78BrF3N2O10. The Labute approximate surface area is 452 Å². The van der Waals surface area contributed by atoms with Crippen LogP contribution >= 0.6 is 0 Å². The van der Waals surface area contributed by atoms with Crippen LogP contribution in [-0.2, 0) is 35.1 Å². The van der Waals surface area contributed by atoms with Crippen LogP contribution < -0.4 is 31.6 Å². The van der Waals surface area contributed by atoms with Gasteiger partial charge >= 0.3 is 18.1 Å². The Morgan fingerprint density at radius 1 is 0.600 bits per heavy atom. The predicted octanol–water partition coefficient (Wildman–Crippen LogP) is 5.82. The number of hydrogen-bond donors (Lipinski definition) is 2. The zero-order chi connectivity index (χ0) is 53.6. The number of ether oxygens (including phenoxy) is 4. The third-order valence-electron chi connectivity index (χ3n) is 15.5. The Morgan fingerprint density at radius 3 is 1.33 bits per heavy atom. The standard InChI is InChI=1S/C30H42NO4.C27H36NO4.C2HF3O2.BrH/c1-22-19-23(2)28(24(3)20-22)34-18-10-16-31(4)17-15-27(21-31)35-29(32)30(33,26-13-8-9-14-26)25-11-6-5-7-12-25;1-28(18-10-20-31-24-15-6-3-7-16-24)19-17-25(21-28)32-26(29)27(30,23-13-8-9-14-23)22-11-4-2-5-12-22;3-2(4,5)1(6)7;/h5-7,11-12,19-20,26-27,33H,8-10,13-18,21H2,1-4H3;2-7,11-12,15-16,23,25,30H,8-10,13-14,17-21H2,1H3;(H,6,7);1H/q2*+1;;/p-2. The summed E-state index contributed by atoms with van der Waals surface area (Å²) < 4.78 is 57.2. The molecular weight excluding hydrogens is 1030 g/mol. The fraction of sp³-hybridized carbons (Fsp3) is 0.542. The number of quaternary nitrogens is 2. The SMILES string of the molecule is C[N+]1(CCCOc2ccccc2)CCC(OC(=O)C(O)(c2ccccc2)C2CCCC2)C1.Cc1cc(C)c(OCCC[N+]2(C)CCC(OC(=O)C(O)(c3ccccc3)C3CCCC3)C2)c(C)c1.O=C([O-])C(F)(F)F.[Br-]. The van der Waals surface area contributed by atoms with Crippen LogP contribution in [0.3, 0.4) is 0 Å². The number of likely N-dealkylation sites (tertiary alicyclic amines) is 2. The molecule has 412 valence electrons. The molecule has 4 aliphatic rings. The van der Waals surface area contributed by atoms with Crippen molar-refractivity contribution in [1.82, 2.24) is 0 Å². The van der Waals surface area contributed by atoms with Gasteiger partial charge in [0.15, 0.2) is 23.4 Å². The Hall–Kier alpha value is -5.00. The molecule has 16 heteroatoms. The zero-order valence-corrected chi connectivity index (χ0v) is 45.9. The summed E-state index contributed by atoms with van der Waals surface area (Å²) in [6.07, 6.45) is 5.69. The Balaban J connectivity index is 0.000000244. The van der Waals surface area contributed by atoms with E-state index < -0.39 is 35.3 Å². The third-order valence-corrected chi connectivity index (χ3v) is 15.5. The number of likely N-dealkylation sites (N-methyl/N-ethyl adjacent to an activating group) is 2. The van der Waals surface area contributed by atoms with Crippen LogP contribution in [0, 0.1) is 32.6 Å². The fourth-order valence-electron chi connectivity index (χ4n) is 11.6. The third kappa shape index (κ3) is 16.5. The number of nitrogens with zero attached hydrogens (tertiary/aromatic N) is 2. The van der Waals surface area contributed by atoms with Crippen molar-refractivity contribution < 1.29 is 87.8 Å². The van der Waals surface area contributed by atoms with Gasteiger partial charge in [-0.2, -0.15) is 13.2 Å². The van der Waals surface area contributed by atoms with Gasteiger partial charge in [-0.1, -0.05) is 122 Å². The van der Waals surface area contributed by atoms with Gasteiger partial charge in [-0.25, -0.2) is 9.59 Å². The van der Waals surface area contributed by atoms with Gasteiger partial charge in [0.05, 0.1) is 53.5 Å².